The molecule has 1 fully saturated rings. The Kier molecular flexibility index (Phi) is 9.22. The zero-order valence-electron chi connectivity index (χ0n) is 14.9. The fourth-order valence-corrected chi connectivity index (χ4v) is 3.47. The number of ether oxygens (including phenoxy) is 1. The summed E-state index contributed by atoms with van der Waals surface area (Å²) in [6.45, 7) is 4.50. The monoisotopic (exact) mass is 327 g/mol. The van der Waals surface area contributed by atoms with Gasteiger partial charge >= 0.3 is 5.97 Å². The highest BCUT2D eigenvalue weighted by atomic mass is 16.5. The molecule has 1 amide bonds. The van der Waals surface area contributed by atoms with Gasteiger partial charge in [-0.15, -0.1) is 0 Å². The summed E-state index contributed by atoms with van der Waals surface area (Å²) >= 11 is 0. The van der Waals surface area contributed by atoms with Crippen LogP contribution in [0.1, 0.15) is 58.8 Å². The number of carbonyl (C=O) groups excluding carboxylic acids is 2. The number of aliphatic hydroxyl groups is 1. The standard InChI is InChI=1S/C18H33NO4/c1-4-5-6-15-7-9-16(10-8-15)17(21)19(11-12-20)13-14(2)18(22)23-3/h14-16,20H,4-13H2,1-3H3. The van der Waals surface area contributed by atoms with Crippen LogP contribution in [-0.4, -0.2) is 48.7 Å². The summed E-state index contributed by atoms with van der Waals surface area (Å²) in [4.78, 5) is 25.9. The maximum atomic E-state index is 12.7. The first-order valence-corrected chi connectivity index (χ1v) is 9.00. The van der Waals surface area contributed by atoms with E-state index in [9.17, 15) is 14.7 Å². The molecular formula is C18H33NO4. The van der Waals surface area contributed by atoms with Crippen LogP contribution in [0.15, 0.2) is 0 Å². The molecule has 0 saturated heterocycles. The van der Waals surface area contributed by atoms with E-state index in [1.807, 2.05) is 0 Å². The second-order valence-electron chi connectivity index (χ2n) is 6.79. The van der Waals surface area contributed by atoms with Gasteiger partial charge in [-0.05, 0) is 31.6 Å². The number of nitrogens with zero attached hydrogens (tertiary/aromatic N) is 1. The molecule has 1 aliphatic rings. The molecule has 0 aromatic rings. The van der Waals surface area contributed by atoms with Gasteiger partial charge in [0.1, 0.15) is 0 Å². The Bertz CT molecular complexity index is 364. The van der Waals surface area contributed by atoms with E-state index in [-0.39, 0.29) is 36.9 Å². The van der Waals surface area contributed by atoms with Crippen molar-refractivity contribution in [3.05, 3.63) is 0 Å². The van der Waals surface area contributed by atoms with Crippen molar-refractivity contribution in [1.29, 1.82) is 0 Å². The van der Waals surface area contributed by atoms with E-state index in [0.29, 0.717) is 6.54 Å². The smallest absolute Gasteiger partial charge is 0.310 e. The minimum atomic E-state index is -0.364. The predicted octanol–water partition coefficient (Wildman–Crippen LogP) is 2.61. The highest BCUT2D eigenvalue weighted by molar-refractivity contribution is 5.80. The molecule has 5 heteroatoms. The lowest BCUT2D eigenvalue weighted by Gasteiger charge is -2.32. The summed E-state index contributed by atoms with van der Waals surface area (Å²) < 4.78 is 4.73. The minimum absolute atomic E-state index is 0.0456. The van der Waals surface area contributed by atoms with Gasteiger partial charge in [-0.3, -0.25) is 9.59 Å². The minimum Gasteiger partial charge on any atom is -0.469 e. The Morgan fingerprint density at radius 1 is 1.26 bits per heavy atom. The lowest BCUT2D eigenvalue weighted by Crippen LogP contribution is -2.43. The largest absolute Gasteiger partial charge is 0.469 e. The summed E-state index contributed by atoms with van der Waals surface area (Å²) in [5.74, 6) is 0.215. The van der Waals surface area contributed by atoms with E-state index < -0.39 is 0 Å². The SMILES string of the molecule is CCCCC1CCC(C(=O)N(CCO)CC(C)C(=O)OC)CC1. The van der Waals surface area contributed by atoms with Crippen molar-refractivity contribution in [2.45, 2.75) is 58.8 Å². The average molecular weight is 327 g/mol. The van der Waals surface area contributed by atoms with Crippen LogP contribution in [0.25, 0.3) is 0 Å². The normalized spacial score (nSPS) is 22.4. The number of amides is 1. The summed E-state index contributed by atoms with van der Waals surface area (Å²) in [5.41, 5.74) is 0. The molecule has 0 bridgehead atoms. The highest BCUT2D eigenvalue weighted by Crippen LogP contribution is 2.33. The van der Waals surface area contributed by atoms with Gasteiger partial charge in [0.2, 0.25) is 5.91 Å². The fourth-order valence-electron chi connectivity index (χ4n) is 3.47. The van der Waals surface area contributed by atoms with Crippen molar-refractivity contribution in [3.63, 3.8) is 0 Å². The van der Waals surface area contributed by atoms with Gasteiger partial charge in [0.05, 0.1) is 19.6 Å². The molecule has 23 heavy (non-hydrogen) atoms. The lowest BCUT2D eigenvalue weighted by molar-refractivity contribution is -0.147. The lowest BCUT2D eigenvalue weighted by atomic mass is 9.79. The first kappa shape index (κ1) is 19.9. The summed E-state index contributed by atoms with van der Waals surface area (Å²) in [6, 6.07) is 0. The molecule has 1 aliphatic carbocycles. The van der Waals surface area contributed by atoms with Crippen molar-refractivity contribution in [2.75, 3.05) is 26.8 Å². The zero-order valence-corrected chi connectivity index (χ0v) is 14.9. The van der Waals surface area contributed by atoms with Crippen LogP contribution in [0.4, 0.5) is 0 Å². The molecule has 1 rings (SSSR count). The third-order valence-electron chi connectivity index (χ3n) is 4.94. The molecule has 0 spiro atoms. The van der Waals surface area contributed by atoms with Crippen LogP contribution in [-0.2, 0) is 14.3 Å². The van der Waals surface area contributed by atoms with Gasteiger partial charge in [-0.1, -0.05) is 33.1 Å². The molecule has 1 unspecified atom stereocenters. The van der Waals surface area contributed by atoms with E-state index >= 15 is 0 Å². The number of hydrogen-bond acceptors (Lipinski definition) is 4. The van der Waals surface area contributed by atoms with Gasteiger partial charge in [0.25, 0.3) is 0 Å². The van der Waals surface area contributed by atoms with Gasteiger partial charge in [0, 0.05) is 19.0 Å². The van der Waals surface area contributed by atoms with Gasteiger partial charge in [0.15, 0.2) is 0 Å². The highest BCUT2D eigenvalue weighted by Gasteiger charge is 2.30. The Balaban J connectivity index is 2.52. The third kappa shape index (κ3) is 6.50. The van der Waals surface area contributed by atoms with Crippen LogP contribution in [0.3, 0.4) is 0 Å². The molecule has 5 nitrogen and oxygen atoms in total. The van der Waals surface area contributed by atoms with Crippen LogP contribution in [0, 0.1) is 17.8 Å². The number of methoxy groups -OCH3 is 1. The zero-order chi connectivity index (χ0) is 17.2. The Morgan fingerprint density at radius 3 is 2.43 bits per heavy atom. The van der Waals surface area contributed by atoms with Crippen LogP contribution in [0.5, 0.6) is 0 Å². The van der Waals surface area contributed by atoms with Gasteiger partial charge in [-0.2, -0.15) is 0 Å². The van der Waals surface area contributed by atoms with Crippen molar-refractivity contribution >= 4 is 11.9 Å². The predicted molar refractivity (Wildman–Crippen MR) is 89.8 cm³/mol. The van der Waals surface area contributed by atoms with Crippen molar-refractivity contribution in [1.82, 2.24) is 4.90 Å². The molecule has 0 radical (unpaired) electrons. The van der Waals surface area contributed by atoms with Crippen LogP contribution < -0.4 is 0 Å². The topological polar surface area (TPSA) is 66.8 Å². The summed E-state index contributed by atoms with van der Waals surface area (Å²) in [6.07, 6.45) is 7.89. The number of esters is 1. The molecule has 1 N–H and O–H groups in total. The maximum absolute atomic E-state index is 12.7. The number of aliphatic hydroxyl groups excluding tert-OH is 1. The first-order chi connectivity index (χ1) is 11.0. The molecule has 1 atom stereocenters. The van der Waals surface area contributed by atoms with Gasteiger partial charge in [-0.25, -0.2) is 0 Å². The molecule has 0 aliphatic heterocycles. The second-order valence-corrected chi connectivity index (χ2v) is 6.79. The van der Waals surface area contributed by atoms with Crippen molar-refractivity contribution < 1.29 is 19.4 Å². The molecular weight excluding hydrogens is 294 g/mol. The first-order valence-electron chi connectivity index (χ1n) is 9.00. The molecule has 1 saturated carbocycles. The second kappa shape index (κ2) is 10.6. The third-order valence-corrected chi connectivity index (χ3v) is 4.94. The van der Waals surface area contributed by atoms with Crippen molar-refractivity contribution in [3.8, 4) is 0 Å². The summed E-state index contributed by atoms with van der Waals surface area (Å²) in [5, 5.41) is 9.22. The molecule has 0 aromatic carbocycles. The molecule has 0 heterocycles. The van der Waals surface area contributed by atoms with E-state index in [1.54, 1.807) is 11.8 Å². The van der Waals surface area contributed by atoms with Crippen molar-refractivity contribution in [2.24, 2.45) is 17.8 Å². The Morgan fingerprint density at radius 2 is 1.91 bits per heavy atom. The van der Waals surface area contributed by atoms with E-state index in [1.165, 1.54) is 26.4 Å². The Hall–Kier alpha value is -1.10. The van der Waals surface area contributed by atoms with Gasteiger partial charge < -0.3 is 14.7 Å². The molecule has 0 aromatic heterocycles. The number of unbranched alkanes of at least 4 members (excludes halogenated alkanes) is 1. The van der Waals surface area contributed by atoms with Crippen LogP contribution in [0.2, 0.25) is 0 Å². The molecule has 134 valence electrons. The Labute approximate surface area is 140 Å². The maximum Gasteiger partial charge on any atom is 0.310 e. The summed E-state index contributed by atoms with van der Waals surface area (Å²) in [7, 11) is 1.36. The van der Waals surface area contributed by atoms with E-state index in [4.69, 9.17) is 4.74 Å². The van der Waals surface area contributed by atoms with E-state index in [2.05, 4.69) is 6.92 Å². The quantitative estimate of drug-likeness (QED) is 0.661. The average Bonchev–Trinajstić information content (AvgIpc) is 2.58. The number of hydrogen-bond donors (Lipinski definition) is 1. The van der Waals surface area contributed by atoms with E-state index in [0.717, 1.165) is 31.6 Å². The fraction of sp³-hybridized carbons (Fsp3) is 0.889. The number of carbonyl (C=O) groups is 2. The van der Waals surface area contributed by atoms with Crippen LogP contribution >= 0.6 is 0 Å². The number of rotatable bonds is 9.